The Bertz CT molecular complexity index is 796. The fourth-order valence-electron chi connectivity index (χ4n) is 5.82. The number of fused-ring (bicyclic) bond motifs is 1. The van der Waals surface area contributed by atoms with Crippen LogP contribution < -0.4 is 16.8 Å². The summed E-state index contributed by atoms with van der Waals surface area (Å²) in [5, 5.41) is 26.4. The number of aliphatic hydroxyl groups excluding tert-OH is 1. The maximum atomic E-state index is 11.3. The molecule has 8 nitrogen and oxygen atoms in total. The smallest absolute Gasteiger partial charge is 0.224 e. The molecule has 30 heavy (non-hydrogen) atoms. The molecule has 3 fully saturated rings. The lowest BCUT2D eigenvalue weighted by Gasteiger charge is -2.49. The fourth-order valence-corrected chi connectivity index (χ4v) is 6.01. The third-order valence-corrected chi connectivity index (χ3v) is 7.86. The fraction of sp³-hybridized carbons (Fsp3) is 0.714. The van der Waals surface area contributed by atoms with Crippen LogP contribution >= 0.6 is 11.6 Å². The molecule has 3 saturated heterocycles. The molecule has 8 atom stereocenters. The lowest BCUT2D eigenvalue weighted by Crippen LogP contribution is -2.71. The minimum atomic E-state index is -1.39. The number of likely N-dealkylation sites (tertiary alicyclic amines) is 1. The molecule has 0 spiro atoms. The maximum absolute atomic E-state index is 11.3. The quantitative estimate of drug-likeness (QED) is 0.410. The summed E-state index contributed by atoms with van der Waals surface area (Å²) in [6.45, 7) is 3.53. The molecule has 0 saturated carbocycles. The van der Waals surface area contributed by atoms with Crippen LogP contribution in [0.3, 0.4) is 0 Å². The third-order valence-electron chi connectivity index (χ3n) is 7.62. The molecule has 0 amide bonds. The van der Waals surface area contributed by atoms with E-state index in [1.807, 2.05) is 18.2 Å². The maximum Gasteiger partial charge on any atom is 0.224 e. The van der Waals surface area contributed by atoms with E-state index in [1.165, 1.54) is 0 Å². The monoisotopic (exact) mass is 440 g/mol. The van der Waals surface area contributed by atoms with Gasteiger partial charge in [0.15, 0.2) is 12.3 Å². The van der Waals surface area contributed by atoms with E-state index in [1.54, 1.807) is 6.92 Å². The summed E-state index contributed by atoms with van der Waals surface area (Å²) in [6.07, 6.45) is -0.685. The van der Waals surface area contributed by atoms with Gasteiger partial charge in [-0.3, -0.25) is 9.80 Å². The van der Waals surface area contributed by atoms with Crippen molar-refractivity contribution in [1.82, 2.24) is 10.2 Å². The van der Waals surface area contributed by atoms with Gasteiger partial charge in [0.1, 0.15) is 5.60 Å². The first-order valence-electron chi connectivity index (χ1n) is 10.7. The number of nitrogens with one attached hydrogen (secondary N) is 1. The first-order valence-corrected chi connectivity index (χ1v) is 11.0. The molecule has 3 aliphatic heterocycles. The van der Waals surface area contributed by atoms with Crippen LogP contribution in [0.1, 0.15) is 24.5 Å². The number of nitrogens with two attached hydrogens (primary N) is 2. The summed E-state index contributed by atoms with van der Waals surface area (Å²) in [7, 11) is 4.18. The predicted molar refractivity (Wildman–Crippen MR) is 115 cm³/mol. The Morgan fingerprint density at radius 2 is 2.13 bits per heavy atom. The molecule has 7 N–H and O–H groups in total. The van der Waals surface area contributed by atoms with Gasteiger partial charge in [-0.15, -0.1) is 0 Å². The van der Waals surface area contributed by atoms with Gasteiger partial charge in [-0.1, -0.05) is 17.7 Å². The van der Waals surface area contributed by atoms with Gasteiger partial charge in [0.05, 0.1) is 38.4 Å². The van der Waals surface area contributed by atoms with Gasteiger partial charge in [-0.25, -0.2) is 4.90 Å². The minimum absolute atomic E-state index is 0.0813. The number of rotatable bonds is 4. The lowest BCUT2D eigenvalue weighted by atomic mass is 9.88. The van der Waals surface area contributed by atoms with Crippen LogP contribution in [0.4, 0.5) is 0 Å². The molecule has 1 aromatic carbocycles. The van der Waals surface area contributed by atoms with Crippen molar-refractivity contribution in [2.75, 3.05) is 27.3 Å². The second-order valence-corrected chi connectivity index (χ2v) is 10.0. The first kappa shape index (κ1) is 22.4. The van der Waals surface area contributed by atoms with Gasteiger partial charge in [0.25, 0.3) is 0 Å². The van der Waals surface area contributed by atoms with Crippen molar-refractivity contribution in [2.24, 2.45) is 17.4 Å². The SMILES string of the molecule is CN1CNC(N)C2CC[N@@+](C)([C@@H]3O[C@H](Cc4ccc(Cl)cc4CN)[C@@](C)(O)[C@H]3O)C21. The van der Waals surface area contributed by atoms with E-state index in [9.17, 15) is 10.2 Å². The minimum Gasteiger partial charge on any atom is -0.384 e. The molecule has 4 rings (SSSR count). The van der Waals surface area contributed by atoms with Gasteiger partial charge in [-0.2, -0.15) is 0 Å². The molecular formula is C21H35ClN5O3+. The Hall–Kier alpha value is -0.810. The molecule has 0 aliphatic carbocycles. The average Bonchev–Trinajstić information content (AvgIpc) is 3.17. The second kappa shape index (κ2) is 7.95. The van der Waals surface area contributed by atoms with Gasteiger partial charge >= 0.3 is 0 Å². The largest absolute Gasteiger partial charge is 0.384 e. The van der Waals surface area contributed by atoms with Crippen LogP contribution in [-0.4, -0.2) is 83.3 Å². The number of hydrogen-bond acceptors (Lipinski definition) is 7. The number of hydrogen-bond donors (Lipinski definition) is 5. The highest BCUT2D eigenvalue weighted by molar-refractivity contribution is 6.30. The zero-order valence-corrected chi connectivity index (χ0v) is 18.7. The van der Waals surface area contributed by atoms with Gasteiger partial charge in [0, 0.05) is 24.4 Å². The highest BCUT2D eigenvalue weighted by Gasteiger charge is 2.64. The van der Waals surface area contributed by atoms with E-state index in [2.05, 4.69) is 24.3 Å². The molecule has 3 aliphatic rings. The third kappa shape index (κ3) is 3.48. The highest BCUT2D eigenvalue weighted by atomic mass is 35.5. The summed E-state index contributed by atoms with van der Waals surface area (Å²) in [4.78, 5) is 2.24. The molecule has 1 aromatic rings. The van der Waals surface area contributed by atoms with Gasteiger partial charge < -0.3 is 26.4 Å². The lowest BCUT2D eigenvalue weighted by molar-refractivity contribution is -0.979. The van der Waals surface area contributed by atoms with Crippen molar-refractivity contribution in [3.05, 3.63) is 34.3 Å². The van der Waals surface area contributed by atoms with Crippen molar-refractivity contribution in [3.63, 3.8) is 0 Å². The van der Waals surface area contributed by atoms with Crippen LogP contribution in [0.2, 0.25) is 5.02 Å². The van der Waals surface area contributed by atoms with Crippen molar-refractivity contribution in [2.45, 2.75) is 62.7 Å². The molecule has 0 radical (unpaired) electrons. The zero-order valence-electron chi connectivity index (χ0n) is 18.0. The summed E-state index contributed by atoms with van der Waals surface area (Å²) in [5.74, 6) is 0.258. The number of ether oxygens (including phenoxy) is 1. The van der Waals surface area contributed by atoms with E-state index in [0.717, 1.165) is 24.1 Å². The summed E-state index contributed by atoms with van der Waals surface area (Å²) in [6, 6.07) is 5.59. The van der Waals surface area contributed by atoms with Crippen molar-refractivity contribution >= 4 is 11.6 Å². The molecular weight excluding hydrogens is 406 g/mol. The number of benzene rings is 1. The van der Waals surface area contributed by atoms with Gasteiger partial charge in [-0.05, 0) is 37.2 Å². The van der Waals surface area contributed by atoms with E-state index in [0.29, 0.717) is 29.1 Å². The summed E-state index contributed by atoms with van der Waals surface area (Å²) in [5.41, 5.74) is 12.8. The number of halogens is 1. The topological polar surface area (TPSA) is 117 Å². The highest BCUT2D eigenvalue weighted by Crippen LogP contribution is 2.44. The van der Waals surface area contributed by atoms with E-state index in [-0.39, 0.29) is 18.2 Å². The number of aliphatic hydroxyl groups is 2. The summed E-state index contributed by atoms with van der Waals surface area (Å²) >= 11 is 6.11. The molecule has 168 valence electrons. The molecule has 0 aromatic heterocycles. The number of quaternary nitrogens is 1. The Morgan fingerprint density at radius 3 is 2.83 bits per heavy atom. The van der Waals surface area contributed by atoms with Crippen LogP contribution in [0, 0.1) is 5.92 Å². The standard InChI is InChI=1S/C21H35ClN5O3/c1-21(29)16(9-12-4-5-14(22)8-13(12)10-23)30-20(17(21)28)27(3)7-6-15-18(24)25-11-26(2)19(15)27/h4-5,8,15-20,25,28-29H,6-7,9-11,23-24H2,1-3H3/q+1/t15?,16-,17+,18?,19?,20-,21-,27-/m1/s1. The number of nitrogens with zero attached hydrogens (tertiary/aromatic N) is 2. The summed E-state index contributed by atoms with van der Waals surface area (Å²) < 4.78 is 6.96. The average molecular weight is 441 g/mol. The van der Waals surface area contributed by atoms with Crippen LogP contribution in [0.25, 0.3) is 0 Å². The molecule has 9 heteroatoms. The van der Waals surface area contributed by atoms with Gasteiger partial charge in [0.2, 0.25) is 6.23 Å². The molecule has 0 bridgehead atoms. The number of likely N-dealkylation sites (N-methyl/N-ethyl adjacent to an activating group) is 1. The Kier molecular flexibility index (Phi) is 5.93. The van der Waals surface area contributed by atoms with Crippen molar-refractivity contribution in [3.8, 4) is 0 Å². The Morgan fingerprint density at radius 1 is 1.40 bits per heavy atom. The normalized spacial score (nSPS) is 44.4. The van der Waals surface area contributed by atoms with E-state index >= 15 is 0 Å². The first-order chi connectivity index (χ1) is 14.1. The van der Waals surface area contributed by atoms with Crippen LogP contribution in [-0.2, 0) is 17.7 Å². The second-order valence-electron chi connectivity index (χ2n) is 9.59. The Labute approximate surface area is 183 Å². The molecule has 3 heterocycles. The van der Waals surface area contributed by atoms with Crippen molar-refractivity contribution in [1.29, 1.82) is 0 Å². The van der Waals surface area contributed by atoms with Crippen molar-refractivity contribution < 1.29 is 19.4 Å². The zero-order chi connectivity index (χ0) is 21.8. The Balaban J connectivity index is 1.61. The van der Waals surface area contributed by atoms with Crippen LogP contribution in [0.5, 0.6) is 0 Å². The predicted octanol–water partition coefficient (Wildman–Crippen LogP) is -0.252. The molecule has 3 unspecified atom stereocenters. The van der Waals surface area contributed by atoms with E-state index < -0.39 is 24.0 Å². The van der Waals surface area contributed by atoms with Crippen LogP contribution in [0.15, 0.2) is 18.2 Å². The van der Waals surface area contributed by atoms with E-state index in [4.69, 9.17) is 27.8 Å².